The lowest BCUT2D eigenvalue weighted by Gasteiger charge is -2.33. The van der Waals surface area contributed by atoms with Gasteiger partial charge in [-0.25, -0.2) is 4.39 Å². The molecule has 2 aromatic heterocycles. The molecule has 0 saturated carbocycles. The minimum absolute atomic E-state index is 0.0362. The Balaban J connectivity index is 1.67. The summed E-state index contributed by atoms with van der Waals surface area (Å²) in [7, 11) is 0. The van der Waals surface area contributed by atoms with Crippen molar-refractivity contribution in [1.82, 2.24) is 9.55 Å². The maximum Gasteiger partial charge on any atom is 0.123 e. The minimum Gasteiger partial charge on any atom is -0.386 e. The first-order valence-corrected chi connectivity index (χ1v) is 13.0. The minimum atomic E-state index is -0.986. The van der Waals surface area contributed by atoms with E-state index in [2.05, 4.69) is 33.8 Å². The van der Waals surface area contributed by atoms with Crippen LogP contribution in [0.5, 0.6) is 0 Å². The lowest BCUT2D eigenvalue weighted by molar-refractivity contribution is 0.0552. The van der Waals surface area contributed by atoms with Crippen LogP contribution in [0.4, 0.5) is 4.39 Å². The number of aromatic nitrogens is 2. The molecule has 4 heterocycles. The number of aliphatic hydroxyl groups is 1. The van der Waals surface area contributed by atoms with Crippen LogP contribution in [0.1, 0.15) is 56.3 Å². The fourth-order valence-electron chi connectivity index (χ4n) is 5.89. The van der Waals surface area contributed by atoms with E-state index in [1.54, 1.807) is 12.1 Å². The number of nitrogens with zero attached hydrogens (tertiary/aromatic N) is 3. The Labute approximate surface area is 216 Å². The summed E-state index contributed by atoms with van der Waals surface area (Å²) in [5, 5.41) is 11.9. The quantitative estimate of drug-likeness (QED) is 0.346. The molecule has 1 atom stereocenters. The molecule has 37 heavy (non-hydrogen) atoms. The SMILES string of the molecule is CC1=NCC=C1c1cnc2c3ccc(C(C)(C)O)cc3n(C(c3ccc(F)cc3)C3CCOCC3)c2c1. The Morgan fingerprint density at radius 1 is 1.05 bits per heavy atom. The smallest absolute Gasteiger partial charge is 0.123 e. The van der Waals surface area contributed by atoms with Crippen LogP contribution in [0.25, 0.3) is 27.5 Å². The summed E-state index contributed by atoms with van der Waals surface area (Å²) < 4.78 is 22.1. The van der Waals surface area contributed by atoms with Gasteiger partial charge in [-0.15, -0.1) is 0 Å². The highest BCUT2D eigenvalue weighted by Crippen LogP contribution is 2.42. The molecule has 1 unspecified atom stereocenters. The average molecular weight is 498 g/mol. The molecule has 0 spiro atoms. The lowest BCUT2D eigenvalue weighted by atomic mass is 9.86. The molecular weight excluding hydrogens is 465 g/mol. The molecule has 0 aliphatic carbocycles. The second kappa shape index (κ2) is 9.19. The second-order valence-corrected chi connectivity index (χ2v) is 10.7. The largest absolute Gasteiger partial charge is 0.386 e. The van der Waals surface area contributed by atoms with Crippen molar-refractivity contribution >= 4 is 33.2 Å². The molecule has 2 aliphatic rings. The number of fused-ring (bicyclic) bond motifs is 3. The maximum atomic E-state index is 14.0. The monoisotopic (exact) mass is 497 g/mol. The first kappa shape index (κ1) is 24.0. The van der Waals surface area contributed by atoms with Gasteiger partial charge in [-0.05, 0) is 74.9 Å². The highest BCUT2D eigenvalue weighted by Gasteiger charge is 2.31. The van der Waals surface area contributed by atoms with Crippen molar-refractivity contribution in [3.05, 3.63) is 83.3 Å². The van der Waals surface area contributed by atoms with Crippen molar-refractivity contribution in [3.63, 3.8) is 0 Å². The topological polar surface area (TPSA) is 59.6 Å². The van der Waals surface area contributed by atoms with Gasteiger partial charge in [0.15, 0.2) is 0 Å². The van der Waals surface area contributed by atoms with Gasteiger partial charge in [-0.1, -0.05) is 30.3 Å². The van der Waals surface area contributed by atoms with E-state index in [0.29, 0.717) is 25.7 Å². The van der Waals surface area contributed by atoms with Crippen LogP contribution >= 0.6 is 0 Å². The van der Waals surface area contributed by atoms with Gasteiger partial charge in [-0.2, -0.15) is 0 Å². The number of aliphatic imine (C=N–C) groups is 1. The number of rotatable bonds is 5. The molecular formula is C31H32FN3O2. The molecule has 0 amide bonds. The van der Waals surface area contributed by atoms with Crippen molar-refractivity contribution in [1.29, 1.82) is 0 Å². The van der Waals surface area contributed by atoms with Gasteiger partial charge in [0, 0.05) is 41.6 Å². The fourth-order valence-corrected chi connectivity index (χ4v) is 5.89. The number of allylic oxidation sites excluding steroid dienone is 1. The summed E-state index contributed by atoms with van der Waals surface area (Å²) in [6.07, 6.45) is 5.91. The van der Waals surface area contributed by atoms with Gasteiger partial charge in [0.05, 0.1) is 34.7 Å². The van der Waals surface area contributed by atoms with Crippen molar-refractivity contribution in [2.24, 2.45) is 10.9 Å². The fraction of sp³-hybridized carbons (Fsp3) is 0.355. The third-order valence-electron chi connectivity index (χ3n) is 7.87. The zero-order valence-electron chi connectivity index (χ0n) is 21.5. The van der Waals surface area contributed by atoms with Gasteiger partial charge in [0.1, 0.15) is 5.82 Å². The van der Waals surface area contributed by atoms with Gasteiger partial charge in [0.25, 0.3) is 0 Å². The Morgan fingerprint density at radius 2 is 1.81 bits per heavy atom. The average Bonchev–Trinajstić information content (AvgIpc) is 3.46. The summed E-state index contributed by atoms with van der Waals surface area (Å²) in [5.41, 5.74) is 7.07. The Bertz CT molecular complexity index is 1540. The second-order valence-electron chi connectivity index (χ2n) is 10.7. The molecule has 2 aliphatic heterocycles. The van der Waals surface area contributed by atoms with E-state index in [-0.39, 0.29) is 11.9 Å². The Morgan fingerprint density at radius 3 is 2.49 bits per heavy atom. The highest BCUT2D eigenvalue weighted by molar-refractivity contribution is 6.24. The molecule has 1 fully saturated rings. The van der Waals surface area contributed by atoms with Crippen molar-refractivity contribution in [2.45, 2.75) is 45.3 Å². The van der Waals surface area contributed by atoms with Crippen LogP contribution in [0, 0.1) is 11.7 Å². The van der Waals surface area contributed by atoms with Crippen molar-refractivity contribution in [2.75, 3.05) is 19.8 Å². The summed E-state index contributed by atoms with van der Waals surface area (Å²) >= 11 is 0. The third-order valence-corrected chi connectivity index (χ3v) is 7.87. The van der Waals surface area contributed by atoms with Crippen LogP contribution < -0.4 is 0 Å². The number of hydrogen-bond acceptors (Lipinski definition) is 4. The molecule has 0 radical (unpaired) electrons. The number of pyridine rings is 1. The zero-order chi connectivity index (χ0) is 25.7. The van der Waals surface area contributed by atoms with E-state index in [1.165, 1.54) is 0 Å². The van der Waals surface area contributed by atoms with E-state index in [9.17, 15) is 9.50 Å². The summed E-state index contributed by atoms with van der Waals surface area (Å²) in [5.74, 6) is 0.0642. The van der Waals surface area contributed by atoms with E-state index in [1.807, 2.05) is 45.2 Å². The van der Waals surface area contributed by atoms with E-state index in [0.717, 1.165) is 62.8 Å². The van der Waals surface area contributed by atoms with E-state index in [4.69, 9.17) is 9.72 Å². The summed E-state index contributed by atoms with van der Waals surface area (Å²) in [6, 6.07) is 15.2. The highest BCUT2D eigenvalue weighted by atomic mass is 19.1. The first-order valence-electron chi connectivity index (χ1n) is 13.0. The Hall–Kier alpha value is -3.35. The van der Waals surface area contributed by atoms with Crippen molar-refractivity contribution in [3.8, 4) is 0 Å². The molecule has 5 nitrogen and oxygen atoms in total. The number of benzene rings is 2. The molecule has 2 aromatic carbocycles. The summed E-state index contributed by atoms with van der Waals surface area (Å²) in [4.78, 5) is 9.53. The molecule has 0 bridgehead atoms. The van der Waals surface area contributed by atoms with Crippen molar-refractivity contribution < 1.29 is 14.2 Å². The van der Waals surface area contributed by atoms with E-state index < -0.39 is 5.60 Å². The molecule has 1 saturated heterocycles. The number of hydrogen-bond donors (Lipinski definition) is 1. The molecule has 4 aromatic rings. The van der Waals surface area contributed by atoms with Gasteiger partial charge in [-0.3, -0.25) is 9.98 Å². The first-order chi connectivity index (χ1) is 17.8. The lowest BCUT2D eigenvalue weighted by Crippen LogP contribution is -2.27. The predicted molar refractivity (Wildman–Crippen MR) is 147 cm³/mol. The summed E-state index contributed by atoms with van der Waals surface area (Å²) in [6.45, 7) is 7.76. The third kappa shape index (κ3) is 4.28. The van der Waals surface area contributed by atoms with Gasteiger partial charge >= 0.3 is 0 Å². The predicted octanol–water partition coefficient (Wildman–Crippen LogP) is 6.43. The maximum absolute atomic E-state index is 14.0. The Kier molecular flexibility index (Phi) is 5.97. The van der Waals surface area contributed by atoms with Gasteiger partial charge < -0.3 is 14.4 Å². The van der Waals surface area contributed by atoms with Crippen LogP contribution in [-0.2, 0) is 10.3 Å². The van der Waals surface area contributed by atoms with Crippen LogP contribution in [0.15, 0.2) is 65.8 Å². The molecule has 6 heteroatoms. The zero-order valence-corrected chi connectivity index (χ0v) is 21.5. The normalized spacial score (nSPS) is 17.9. The van der Waals surface area contributed by atoms with Gasteiger partial charge in [0.2, 0.25) is 0 Å². The molecule has 6 rings (SSSR count). The van der Waals surface area contributed by atoms with Crippen LogP contribution in [-0.4, -0.2) is 40.1 Å². The number of ether oxygens (including phenoxy) is 1. The molecule has 1 N–H and O–H groups in total. The van der Waals surface area contributed by atoms with Crippen LogP contribution in [0.3, 0.4) is 0 Å². The standard InChI is InChI=1S/C31H32FN3O2/c1-19-25(10-13-33-19)22-16-28-29(34-18-22)26-9-6-23(31(2,3)36)17-27(26)35(28)30(21-11-14-37-15-12-21)20-4-7-24(32)8-5-20/h4-10,16-18,21,30,36H,11-15H2,1-3H3. The van der Waals surface area contributed by atoms with E-state index >= 15 is 0 Å². The molecule has 190 valence electrons. The number of halogens is 1. The van der Waals surface area contributed by atoms with Crippen LogP contribution in [0.2, 0.25) is 0 Å².